The molecular weight excluding hydrogens is 326 g/mol. The van der Waals surface area contributed by atoms with Gasteiger partial charge in [0.15, 0.2) is 0 Å². The van der Waals surface area contributed by atoms with Crippen LogP contribution in [0.1, 0.15) is 29.3 Å². The second-order valence-electron chi connectivity index (χ2n) is 6.05. The van der Waals surface area contributed by atoms with Gasteiger partial charge < -0.3 is 14.8 Å². The number of hydrogen-bond acceptors (Lipinski definition) is 3. The van der Waals surface area contributed by atoms with Gasteiger partial charge in [-0.1, -0.05) is 43.3 Å². The van der Waals surface area contributed by atoms with Crippen molar-refractivity contribution in [1.29, 1.82) is 0 Å². The molecule has 0 heterocycles. The molecule has 3 aromatic rings. The Labute approximate surface area is 153 Å². The number of carbonyl (C=O) groups excluding carboxylic acids is 1. The topological polar surface area (TPSA) is 47.6 Å². The van der Waals surface area contributed by atoms with Gasteiger partial charge in [-0.05, 0) is 36.1 Å². The number of methoxy groups -OCH3 is 1. The van der Waals surface area contributed by atoms with Crippen LogP contribution in [0.3, 0.4) is 0 Å². The first kappa shape index (κ1) is 17.8. The van der Waals surface area contributed by atoms with Crippen molar-refractivity contribution in [3.8, 4) is 11.5 Å². The van der Waals surface area contributed by atoms with E-state index in [9.17, 15) is 4.79 Å². The van der Waals surface area contributed by atoms with Gasteiger partial charge in [-0.3, -0.25) is 4.79 Å². The number of nitrogens with one attached hydrogen (secondary N) is 1. The van der Waals surface area contributed by atoms with Gasteiger partial charge in [0.25, 0.3) is 5.91 Å². The minimum absolute atomic E-state index is 0.0825. The van der Waals surface area contributed by atoms with Crippen molar-refractivity contribution in [2.24, 2.45) is 0 Å². The second kappa shape index (κ2) is 8.39. The summed E-state index contributed by atoms with van der Waals surface area (Å²) in [7, 11) is 1.62. The highest BCUT2D eigenvalue weighted by Crippen LogP contribution is 2.28. The van der Waals surface area contributed by atoms with Gasteiger partial charge in [0, 0.05) is 23.1 Å². The Hall–Kier alpha value is -3.01. The highest BCUT2D eigenvalue weighted by Gasteiger charge is 2.11. The van der Waals surface area contributed by atoms with E-state index in [0.717, 1.165) is 28.5 Å². The van der Waals surface area contributed by atoms with Gasteiger partial charge in [-0.25, -0.2) is 0 Å². The molecule has 0 saturated heterocycles. The van der Waals surface area contributed by atoms with Gasteiger partial charge in [-0.2, -0.15) is 0 Å². The maximum absolute atomic E-state index is 12.2. The lowest BCUT2D eigenvalue weighted by molar-refractivity contribution is 0.0953. The first-order valence-electron chi connectivity index (χ1n) is 8.78. The monoisotopic (exact) mass is 349 g/mol. The predicted octanol–water partition coefficient (Wildman–Crippen LogP) is 4.57. The fourth-order valence-corrected chi connectivity index (χ4v) is 2.85. The van der Waals surface area contributed by atoms with Crippen LogP contribution in [0.15, 0.2) is 60.7 Å². The fraction of sp³-hybridized carbons (Fsp3) is 0.227. The third-order valence-corrected chi connectivity index (χ3v) is 4.21. The molecule has 0 radical (unpaired) electrons. The quantitative estimate of drug-likeness (QED) is 0.680. The summed E-state index contributed by atoms with van der Waals surface area (Å²) in [5.41, 5.74) is 1.44. The Bertz CT molecular complexity index is 900. The summed E-state index contributed by atoms with van der Waals surface area (Å²) >= 11 is 0. The number of carbonyl (C=O) groups is 1. The molecule has 26 heavy (non-hydrogen) atoms. The standard InChI is InChI=1S/C22H23NO3/c1-3-13-23-22(24)17-11-12-20(25-2)18(14-17)15-26-21-10-6-8-16-7-4-5-9-19(16)21/h4-12,14H,3,13,15H2,1-2H3,(H,23,24). The van der Waals surface area contributed by atoms with Crippen LogP contribution in [-0.4, -0.2) is 19.6 Å². The van der Waals surface area contributed by atoms with E-state index in [0.29, 0.717) is 24.5 Å². The zero-order valence-electron chi connectivity index (χ0n) is 15.1. The molecule has 4 nitrogen and oxygen atoms in total. The molecule has 1 N–H and O–H groups in total. The number of ether oxygens (including phenoxy) is 2. The van der Waals surface area contributed by atoms with Crippen LogP contribution in [0.4, 0.5) is 0 Å². The summed E-state index contributed by atoms with van der Waals surface area (Å²) in [6.07, 6.45) is 0.902. The van der Waals surface area contributed by atoms with Crippen molar-refractivity contribution >= 4 is 16.7 Å². The average molecular weight is 349 g/mol. The largest absolute Gasteiger partial charge is 0.496 e. The third kappa shape index (κ3) is 3.97. The van der Waals surface area contributed by atoms with Gasteiger partial charge in [0.2, 0.25) is 0 Å². The highest BCUT2D eigenvalue weighted by atomic mass is 16.5. The number of fused-ring (bicyclic) bond motifs is 1. The first-order valence-corrected chi connectivity index (χ1v) is 8.78. The lowest BCUT2D eigenvalue weighted by Crippen LogP contribution is -2.24. The van der Waals surface area contributed by atoms with Crippen LogP contribution in [0.5, 0.6) is 11.5 Å². The Morgan fingerprint density at radius 3 is 2.62 bits per heavy atom. The SMILES string of the molecule is CCCNC(=O)c1ccc(OC)c(COc2cccc3ccccc23)c1. The number of amides is 1. The van der Waals surface area contributed by atoms with Crippen molar-refractivity contribution in [3.63, 3.8) is 0 Å². The predicted molar refractivity (Wildman–Crippen MR) is 104 cm³/mol. The van der Waals surface area contributed by atoms with E-state index in [2.05, 4.69) is 17.4 Å². The van der Waals surface area contributed by atoms with Crippen molar-refractivity contribution in [1.82, 2.24) is 5.32 Å². The van der Waals surface area contributed by atoms with Gasteiger partial charge in [0.05, 0.1) is 7.11 Å². The molecular formula is C22H23NO3. The summed E-state index contributed by atoms with van der Waals surface area (Å²) in [5, 5.41) is 5.08. The zero-order valence-corrected chi connectivity index (χ0v) is 15.1. The molecule has 0 spiro atoms. The minimum Gasteiger partial charge on any atom is -0.496 e. The molecule has 0 aliphatic heterocycles. The molecule has 0 aliphatic carbocycles. The van der Waals surface area contributed by atoms with Gasteiger partial charge in [0.1, 0.15) is 18.1 Å². The first-order chi connectivity index (χ1) is 12.7. The normalized spacial score (nSPS) is 10.5. The lowest BCUT2D eigenvalue weighted by Gasteiger charge is -2.13. The zero-order chi connectivity index (χ0) is 18.4. The van der Waals surface area contributed by atoms with Gasteiger partial charge in [-0.15, -0.1) is 0 Å². The Morgan fingerprint density at radius 1 is 1.00 bits per heavy atom. The Balaban J connectivity index is 1.82. The molecule has 0 saturated carbocycles. The van der Waals surface area contributed by atoms with Crippen molar-refractivity contribution in [2.75, 3.05) is 13.7 Å². The Kier molecular flexibility index (Phi) is 5.74. The molecule has 0 unspecified atom stereocenters. The minimum atomic E-state index is -0.0825. The molecule has 4 heteroatoms. The molecule has 3 aromatic carbocycles. The van der Waals surface area contributed by atoms with E-state index in [4.69, 9.17) is 9.47 Å². The van der Waals surface area contributed by atoms with Crippen LogP contribution >= 0.6 is 0 Å². The van der Waals surface area contributed by atoms with E-state index >= 15 is 0 Å². The molecule has 0 aromatic heterocycles. The number of rotatable bonds is 7. The van der Waals surface area contributed by atoms with Crippen molar-refractivity contribution in [2.45, 2.75) is 20.0 Å². The lowest BCUT2D eigenvalue weighted by atomic mass is 10.1. The summed E-state index contributed by atoms with van der Waals surface area (Å²) < 4.78 is 11.5. The van der Waals surface area contributed by atoms with E-state index < -0.39 is 0 Å². The third-order valence-electron chi connectivity index (χ3n) is 4.21. The molecule has 0 aliphatic rings. The maximum Gasteiger partial charge on any atom is 0.251 e. The highest BCUT2D eigenvalue weighted by molar-refractivity contribution is 5.94. The molecule has 0 fully saturated rings. The van der Waals surface area contributed by atoms with Crippen LogP contribution in [0, 0.1) is 0 Å². The van der Waals surface area contributed by atoms with Crippen LogP contribution < -0.4 is 14.8 Å². The number of benzene rings is 3. The molecule has 134 valence electrons. The van der Waals surface area contributed by atoms with E-state index in [-0.39, 0.29) is 5.91 Å². The van der Waals surface area contributed by atoms with Crippen molar-refractivity contribution in [3.05, 3.63) is 71.8 Å². The van der Waals surface area contributed by atoms with Crippen LogP contribution in [0.2, 0.25) is 0 Å². The smallest absolute Gasteiger partial charge is 0.251 e. The summed E-state index contributed by atoms with van der Waals surface area (Å²) in [4.78, 5) is 12.2. The Morgan fingerprint density at radius 2 is 1.81 bits per heavy atom. The van der Waals surface area contributed by atoms with Crippen LogP contribution in [-0.2, 0) is 6.61 Å². The second-order valence-corrected chi connectivity index (χ2v) is 6.05. The van der Waals surface area contributed by atoms with Crippen LogP contribution in [0.25, 0.3) is 10.8 Å². The maximum atomic E-state index is 12.2. The summed E-state index contributed by atoms with van der Waals surface area (Å²) in [5.74, 6) is 1.43. The van der Waals surface area contributed by atoms with E-state index in [1.165, 1.54) is 0 Å². The van der Waals surface area contributed by atoms with Crippen molar-refractivity contribution < 1.29 is 14.3 Å². The molecule has 0 atom stereocenters. The molecule has 0 bridgehead atoms. The summed E-state index contributed by atoms with van der Waals surface area (Å²) in [6, 6.07) is 19.5. The fourth-order valence-electron chi connectivity index (χ4n) is 2.85. The van der Waals surface area contributed by atoms with E-state index in [1.807, 2.05) is 49.4 Å². The van der Waals surface area contributed by atoms with Gasteiger partial charge >= 0.3 is 0 Å². The number of hydrogen-bond donors (Lipinski definition) is 1. The summed E-state index contributed by atoms with van der Waals surface area (Å²) in [6.45, 7) is 3.01. The average Bonchev–Trinajstić information content (AvgIpc) is 2.70. The molecule has 3 rings (SSSR count). The van der Waals surface area contributed by atoms with E-state index in [1.54, 1.807) is 13.2 Å². The molecule has 1 amide bonds.